The summed E-state index contributed by atoms with van der Waals surface area (Å²) >= 11 is 0. The Hall–Kier alpha value is -2.16. The molecule has 3 heteroatoms. The summed E-state index contributed by atoms with van der Waals surface area (Å²) in [5, 5.41) is 0. The van der Waals surface area contributed by atoms with Crippen molar-refractivity contribution in [2.75, 3.05) is 6.61 Å². The highest BCUT2D eigenvalue weighted by atomic mass is 19.2. The fourth-order valence-corrected chi connectivity index (χ4v) is 5.57. The SMILES string of the molecule is CCCCCC1CCC2C(c3ccc(-c4ccc(OCCC)c(F)c4F)cc3)=CCC12. The molecule has 0 aliphatic heterocycles. The number of unbranched alkanes of at least 4 members (excludes halogenated alkanes) is 2. The number of hydrogen-bond acceptors (Lipinski definition) is 1. The van der Waals surface area contributed by atoms with Gasteiger partial charge < -0.3 is 4.74 Å². The summed E-state index contributed by atoms with van der Waals surface area (Å²) in [6.07, 6.45) is 12.4. The number of rotatable bonds is 9. The van der Waals surface area contributed by atoms with Crippen molar-refractivity contribution in [2.45, 2.75) is 65.2 Å². The van der Waals surface area contributed by atoms with Crippen molar-refractivity contribution in [3.63, 3.8) is 0 Å². The standard InChI is InChI=1S/C28H34F2O/c1-3-5-6-7-19-12-13-25-22(19)14-15-23(25)20-8-10-21(11-9-20)24-16-17-26(31-18-4-2)28(30)27(24)29/h8-11,15-17,19,22,25H,3-7,12-14,18H2,1-2H3. The van der Waals surface area contributed by atoms with Gasteiger partial charge in [-0.15, -0.1) is 0 Å². The molecule has 2 aromatic carbocycles. The third kappa shape index (κ3) is 4.56. The van der Waals surface area contributed by atoms with Crippen molar-refractivity contribution >= 4 is 5.57 Å². The van der Waals surface area contributed by atoms with Gasteiger partial charge in [-0.1, -0.05) is 69.9 Å². The molecule has 1 saturated carbocycles. The van der Waals surface area contributed by atoms with Crippen LogP contribution in [0, 0.1) is 29.4 Å². The second-order valence-electron chi connectivity index (χ2n) is 9.16. The molecule has 1 nitrogen and oxygen atoms in total. The molecule has 3 atom stereocenters. The lowest BCUT2D eigenvalue weighted by atomic mass is 9.84. The Kier molecular flexibility index (Phi) is 7.09. The fourth-order valence-electron chi connectivity index (χ4n) is 5.57. The molecular formula is C28H34F2O. The molecule has 0 radical (unpaired) electrons. The predicted octanol–water partition coefficient (Wildman–Crippen LogP) is 8.43. The molecule has 0 N–H and O–H groups in total. The van der Waals surface area contributed by atoms with Crippen LogP contribution in [0.3, 0.4) is 0 Å². The van der Waals surface area contributed by atoms with Gasteiger partial charge in [-0.05, 0) is 72.3 Å². The smallest absolute Gasteiger partial charge is 0.201 e. The van der Waals surface area contributed by atoms with Gasteiger partial charge in [0.25, 0.3) is 0 Å². The Morgan fingerprint density at radius 3 is 2.39 bits per heavy atom. The first-order chi connectivity index (χ1) is 15.1. The fraction of sp³-hybridized carbons (Fsp3) is 0.500. The van der Waals surface area contributed by atoms with Crippen molar-refractivity contribution in [1.82, 2.24) is 0 Å². The molecule has 0 heterocycles. The minimum absolute atomic E-state index is 0.0170. The van der Waals surface area contributed by atoms with Gasteiger partial charge in [0.2, 0.25) is 5.82 Å². The van der Waals surface area contributed by atoms with Crippen LogP contribution in [0.5, 0.6) is 5.75 Å². The Balaban J connectivity index is 1.47. The molecule has 0 aromatic heterocycles. The zero-order valence-corrected chi connectivity index (χ0v) is 18.8. The summed E-state index contributed by atoms with van der Waals surface area (Å²) in [5.74, 6) is 0.575. The van der Waals surface area contributed by atoms with E-state index in [9.17, 15) is 8.78 Å². The van der Waals surface area contributed by atoms with Gasteiger partial charge in [0.05, 0.1) is 6.61 Å². The van der Waals surface area contributed by atoms with Crippen LogP contribution in [0.2, 0.25) is 0 Å². The van der Waals surface area contributed by atoms with E-state index in [4.69, 9.17) is 4.74 Å². The zero-order valence-electron chi connectivity index (χ0n) is 18.8. The van der Waals surface area contributed by atoms with Crippen LogP contribution in [0.25, 0.3) is 16.7 Å². The normalized spacial score (nSPS) is 22.5. The Morgan fingerprint density at radius 1 is 0.871 bits per heavy atom. The number of hydrogen-bond donors (Lipinski definition) is 0. The molecular weight excluding hydrogens is 390 g/mol. The first-order valence-corrected chi connectivity index (χ1v) is 12.1. The molecule has 2 aliphatic rings. The van der Waals surface area contributed by atoms with Crippen molar-refractivity contribution in [3.05, 3.63) is 59.7 Å². The molecule has 1 fully saturated rings. The summed E-state index contributed by atoms with van der Waals surface area (Å²) < 4.78 is 34.3. The van der Waals surface area contributed by atoms with E-state index < -0.39 is 11.6 Å². The minimum Gasteiger partial charge on any atom is -0.490 e. The molecule has 3 unspecified atom stereocenters. The molecule has 2 aliphatic carbocycles. The number of halogens is 2. The zero-order chi connectivity index (χ0) is 21.8. The number of allylic oxidation sites excluding steroid dienone is 2. The third-order valence-electron chi connectivity index (χ3n) is 7.20. The Labute approximate surface area is 185 Å². The van der Waals surface area contributed by atoms with Crippen LogP contribution in [-0.2, 0) is 0 Å². The second kappa shape index (κ2) is 9.97. The average Bonchev–Trinajstić information content (AvgIpc) is 3.38. The van der Waals surface area contributed by atoms with E-state index in [1.807, 2.05) is 19.1 Å². The topological polar surface area (TPSA) is 9.23 Å². The maximum atomic E-state index is 14.7. The van der Waals surface area contributed by atoms with E-state index in [0.717, 1.165) is 18.3 Å². The number of benzene rings is 2. The molecule has 2 aromatic rings. The molecule has 166 valence electrons. The minimum atomic E-state index is -0.906. The maximum Gasteiger partial charge on any atom is 0.201 e. The van der Waals surface area contributed by atoms with Crippen LogP contribution >= 0.6 is 0 Å². The van der Waals surface area contributed by atoms with Crippen LogP contribution in [0.4, 0.5) is 8.78 Å². The summed E-state index contributed by atoms with van der Waals surface area (Å²) in [5.41, 5.74) is 3.67. The van der Waals surface area contributed by atoms with Gasteiger partial charge in [0.15, 0.2) is 11.6 Å². The molecule has 4 rings (SSSR count). The predicted molar refractivity (Wildman–Crippen MR) is 124 cm³/mol. The Bertz CT molecular complexity index is 915. The van der Waals surface area contributed by atoms with E-state index in [0.29, 0.717) is 18.1 Å². The van der Waals surface area contributed by atoms with Gasteiger partial charge in [-0.25, -0.2) is 4.39 Å². The highest BCUT2D eigenvalue weighted by Gasteiger charge is 2.40. The molecule has 0 bridgehead atoms. The van der Waals surface area contributed by atoms with Crippen LogP contribution in [-0.4, -0.2) is 6.61 Å². The van der Waals surface area contributed by atoms with Gasteiger partial charge in [-0.2, -0.15) is 4.39 Å². The molecule has 0 amide bonds. The summed E-state index contributed by atoms with van der Waals surface area (Å²) in [4.78, 5) is 0. The van der Waals surface area contributed by atoms with Crippen LogP contribution < -0.4 is 4.74 Å². The van der Waals surface area contributed by atoms with Gasteiger partial charge in [-0.3, -0.25) is 0 Å². The van der Waals surface area contributed by atoms with E-state index >= 15 is 0 Å². The Morgan fingerprint density at radius 2 is 1.65 bits per heavy atom. The highest BCUT2D eigenvalue weighted by Crippen LogP contribution is 2.52. The summed E-state index contributed by atoms with van der Waals surface area (Å²) in [7, 11) is 0. The van der Waals surface area contributed by atoms with E-state index in [-0.39, 0.29) is 11.3 Å². The quantitative estimate of drug-likeness (QED) is 0.367. The second-order valence-corrected chi connectivity index (χ2v) is 9.16. The third-order valence-corrected chi connectivity index (χ3v) is 7.20. The first-order valence-electron chi connectivity index (χ1n) is 12.1. The van der Waals surface area contributed by atoms with E-state index in [2.05, 4.69) is 25.1 Å². The van der Waals surface area contributed by atoms with E-state index in [1.54, 1.807) is 6.07 Å². The number of ether oxygens (including phenoxy) is 1. The molecule has 0 spiro atoms. The lowest BCUT2D eigenvalue weighted by Gasteiger charge is -2.20. The lowest BCUT2D eigenvalue weighted by Crippen LogP contribution is -2.11. The highest BCUT2D eigenvalue weighted by molar-refractivity contribution is 5.73. The van der Waals surface area contributed by atoms with Crippen molar-refractivity contribution < 1.29 is 13.5 Å². The van der Waals surface area contributed by atoms with Gasteiger partial charge in [0.1, 0.15) is 0 Å². The maximum absolute atomic E-state index is 14.7. The summed E-state index contributed by atoms with van der Waals surface area (Å²) in [6.45, 7) is 4.58. The molecule has 31 heavy (non-hydrogen) atoms. The average molecular weight is 425 g/mol. The summed E-state index contributed by atoms with van der Waals surface area (Å²) in [6, 6.07) is 11.1. The van der Waals surface area contributed by atoms with Crippen molar-refractivity contribution in [2.24, 2.45) is 17.8 Å². The van der Waals surface area contributed by atoms with Crippen molar-refractivity contribution in [3.8, 4) is 16.9 Å². The largest absolute Gasteiger partial charge is 0.490 e. The monoisotopic (exact) mass is 424 g/mol. The van der Waals surface area contributed by atoms with Crippen molar-refractivity contribution in [1.29, 1.82) is 0 Å². The molecule has 0 saturated heterocycles. The number of fused-ring (bicyclic) bond motifs is 1. The van der Waals surface area contributed by atoms with Gasteiger partial charge >= 0.3 is 0 Å². The lowest BCUT2D eigenvalue weighted by molar-refractivity contribution is 0.295. The van der Waals surface area contributed by atoms with E-state index in [1.165, 1.54) is 62.1 Å². The van der Waals surface area contributed by atoms with Gasteiger partial charge in [0, 0.05) is 5.56 Å². The van der Waals surface area contributed by atoms with Crippen LogP contribution in [0.1, 0.15) is 70.8 Å². The van der Waals surface area contributed by atoms with Crippen LogP contribution in [0.15, 0.2) is 42.5 Å². The first kappa shape index (κ1) is 22.0.